The third kappa shape index (κ3) is 10.2. The fraction of sp³-hybridized carbons (Fsp3) is 0.615. The highest BCUT2D eigenvalue weighted by molar-refractivity contribution is 6.76. The molecule has 0 N–H and O–H groups in total. The number of imidazole rings is 1. The molecule has 8 nitrogen and oxygen atoms in total. The Hall–Kier alpha value is -3.14. The van der Waals surface area contributed by atoms with Crippen LogP contribution in [0.15, 0.2) is 49.1 Å². The van der Waals surface area contributed by atoms with Gasteiger partial charge in [-0.3, -0.25) is 4.79 Å². The van der Waals surface area contributed by atoms with Crippen molar-refractivity contribution in [2.75, 3.05) is 6.61 Å². The SMILES string of the molecule is CC#CC[C@H](C)[C@@H](/C=C/[C@H]1C(O[Si](C)(C)C(C)(C)C)C[C@@H]2Oc3c(CCCC(=O)OCC[Si](C)(C)C)cccc3[C@@H]21)OC(=O)n1ccnc1. The summed E-state index contributed by atoms with van der Waals surface area (Å²) >= 11 is 0. The van der Waals surface area contributed by atoms with E-state index in [0.29, 0.717) is 25.9 Å². The van der Waals surface area contributed by atoms with Gasteiger partial charge in [-0.05, 0) is 55.6 Å². The number of fused-ring (bicyclic) bond motifs is 3. The Morgan fingerprint density at radius 2 is 1.94 bits per heavy atom. The van der Waals surface area contributed by atoms with Crippen molar-refractivity contribution in [2.45, 2.75) is 135 Å². The first-order chi connectivity index (χ1) is 23.0. The number of aryl methyl sites for hydroxylation is 1. The zero-order valence-corrected chi connectivity index (χ0v) is 33.4. The number of para-hydroxylation sites is 1. The molecule has 1 unspecified atom stereocenters. The molecule has 1 fully saturated rings. The van der Waals surface area contributed by atoms with Crippen LogP contribution in [-0.2, 0) is 25.1 Å². The quantitative estimate of drug-likeness (QED) is 0.0839. The predicted molar refractivity (Wildman–Crippen MR) is 200 cm³/mol. The normalized spacial score (nSPS) is 21.7. The van der Waals surface area contributed by atoms with Gasteiger partial charge in [-0.25, -0.2) is 14.3 Å². The standard InChI is InChI=1S/C39H58N2O6Si2/c1-11-12-15-28(2)32(46-38(43)41-23-22-40-27-41)21-20-30-33(47-49(9,10)39(3,4)5)26-34-36(30)31-18-13-16-29(37(31)45-34)17-14-19-35(42)44-24-25-48(6,7)8/h13,16,18,20-23,27-28,30,32-34,36H,14-15,17,19,24-26H2,1-10H3/b21-20+/t28-,30-,32+,33?,34-,36-/m0/s1. The van der Waals surface area contributed by atoms with Gasteiger partial charge in [0.2, 0.25) is 0 Å². The van der Waals surface area contributed by atoms with Crippen molar-refractivity contribution in [1.29, 1.82) is 0 Å². The summed E-state index contributed by atoms with van der Waals surface area (Å²) in [6.45, 7) is 22.6. The van der Waals surface area contributed by atoms with E-state index in [-0.39, 0.29) is 41.0 Å². The van der Waals surface area contributed by atoms with E-state index in [4.69, 9.17) is 18.6 Å². The van der Waals surface area contributed by atoms with Crippen LogP contribution in [0.4, 0.5) is 4.79 Å². The Morgan fingerprint density at radius 3 is 2.59 bits per heavy atom. The Balaban J connectivity index is 1.57. The minimum Gasteiger partial charge on any atom is -0.489 e. The summed E-state index contributed by atoms with van der Waals surface area (Å²) in [7, 11) is -3.36. The molecule has 10 heteroatoms. The molecule has 6 atom stereocenters. The second kappa shape index (κ2) is 16.3. The smallest absolute Gasteiger partial charge is 0.419 e. The second-order valence-electron chi connectivity index (χ2n) is 16.4. The molecule has 0 amide bonds. The number of carbonyl (C=O) groups is 2. The molecular formula is C39H58N2O6Si2. The van der Waals surface area contributed by atoms with Crippen LogP contribution in [0.3, 0.4) is 0 Å². The van der Waals surface area contributed by atoms with Crippen molar-refractivity contribution in [3.05, 3.63) is 60.2 Å². The third-order valence-corrected chi connectivity index (χ3v) is 16.5. The van der Waals surface area contributed by atoms with Crippen molar-refractivity contribution >= 4 is 28.5 Å². The van der Waals surface area contributed by atoms with Crippen LogP contribution in [0.2, 0.25) is 43.8 Å². The van der Waals surface area contributed by atoms with Crippen molar-refractivity contribution in [1.82, 2.24) is 9.55 Å². The summed E-state index contributed by atoms with van der Waals surface area (Å²) in [5, 5.41) is 0.0525. The molecule has 49 heavy (non-hydrogen) atoms. The first-order valence-electron chi connectivity index (χ1n) is 17.9. The van der Waals surface area contributed by atoms with E-state index in [1.807, 2.05) is 13.0 Å². The lowest BCUT2D eigenvalue weighted by Crippen LogP contribution is -2.45. The van der Waals surface area contributed by atoms with Crippen LogP contribution in [0.5, 0.6) is 5.75 Å². The Labute approximate surface area is 296 Å². The van der Waals surface area contributed by atoms with Crippen LogP contribution in [0, 0.1) is 23.7 Å². The maximum Gasteiger partial charge on any atom is 0.419 e. The van der Waals surface area contributed by atoms with E-state index in [1.54, 1.807) is 12.4 Å². The van der Waals surface area contributed by atoms with Gasteiger partial charge in [0.1, 0.15) is 24.3 Å². The van der Waals surface area contributed by atoms with Crippen molar-refractivity contribution in [2.24, 2.45) is 11.8 Å². The second-order valence-corrected chi connectivity index (χ2v) is 26.8. The van der Waals surface area contributed by atoms with Crippen LogP contribution >= 0.6 is 0 Å². The summed E-state index contributed by atoms with van der Waals surface area (Å²) in [4.78, 5) is 29.5. The number of aromatic nitrogens is 2. The summed E-state index contributed by atoms with van der Waals surface area (Å²) in [5.74, 6) is 7.06. The van der Waals surface area contributed by atoms with Crippen LogP contribution in [0.1, 0.15) is 77.3 Å². The highest BCUT2D eigenvalue weighted by atomic mass is 28.4. The highest BCUT2D eigenvalue weighted by Gasteiger charge is 2.52. The zero-order chi connectivity index (χ0) is 36.0. The Morgan fingerprint density at radius 1 is 1.18 bits per heavy atom. The van der Waals surface area contributed by atoms with E-state index in [0.717, 1.165) is 30.2 Å². The molecule has 1 aliphatic carbocycles. The topological polar surface area (TPSA) is 88.9 Å². The van der Waals surface area contributed by atoms with Crippen LogP contribution in [0.25, 0.3) is 0 Å². The fourth-order valence-electron chi connectivity index (χ4n) is 6.30. The van der Waals surface area contributed by atoms with Crippen molar-refractivity contribution in [3.63, 3.8) is 0 Å². The molecule has 1 aromatic heterocycles. The highest BCUT2D eigenvalue weighted by Crippen LogP contribution is 2.54. The number of hydrogen-bond acceptors (Lipinski definition) is 7. The molecule has 1 aromatic carbocycles. The van der Waals surface area contributed by atoms with Gasteiger partial charge in [0.25, 0.3) is 0 Å². The summed E-state index contributed by atoms with van der Waals surface area (Å²) in [6.07, 6.45) is 11.1. The average Bonchev–Trinajstić information content (AvgIpc) is 3.74. The van der Waals surface area contributed by atoms with Gasteiger partial charge < -0.3 is 18.6 Å². The van der Waals surface area contributed by atoms with Crippen LogP contribution in [-0.4, -0.2) is 62.9 Å². The predicted octanol–water partition coefficient (Wildman–Crippen LogP) is 9.00. The van der Waals surface area contributed by atoms with Gasteiger partial charge >= 0.3 is 12.1 Å². The molecule has 268 valence electrons. The average molecular weight is 707 g/mol. The maximum absolute atomic E-state index is 13.0. The van der Waals surface area contributed by atoms with Crippen molar-refractivity contribution in [3.8, 4) is 17.6 Å². The van der Waals surface area contributed by atoms with Gasteiger partial charge in [-0.1, -0.05) is 71.6 Å². The molecule has 2 aromatic rings. The number of benzene rings is 1. The van der Waals surface area contributed by atoms with E-state index in [9.17, 15) is 9.59 Å². The van der Waals surface area contributed by atoms with Gasteiger partial charge in [0.15, 0.2) is 8.32 Å². The number of rotatable bonds is 14. The molecule has 2 heterocycles. The molecule has 4 rings (SSSR count). The molecule has 0 radical (unpaired) electrons. The number of ether oxygens (including phenoxy) is 3. The first kappa shape index (κ1) is 38.7. The minimum atomic E-state index is -2.11. The van der Waals surface area contributed by atoms with Crippen LogP contribution < -0.4 is 4.74 Å². The molecule has 1 aliphatic heterocycles. The molecule has 2 aliphatic rings. The summed E-state index contributed by atoms with van der Waals surface area (Å²) < 4.78 is 26.8. The number of hydrogen-bond donors (Lipinski definition) is 0. The van der Waals surface area contributed by atoms with Gasteiger partial charge in [0, 0.05) is 63.0 Å². The van der Waals surface area contributed by atoms with E-state index < -0.39 is 28.6 Å². The third-order valence-electron chi connectivity index (χ3n) is 10.3. The number of carbonyl (C=O) groups excluding carboxylic acids is 2. The summed E-state index contributed by atoms with van der Waals surface area (Å²) in [5.41, 5.74) is 2.32. The maximum atomic E-state index is 13.0. The number of nitrogens with zero attached hydrogens (tertiary/aromatic N) is 2. The van der Waals surface area contributed by atoms with Gasteiger partial charge in [0.05, 0.1) is 12.7 Å². The minimum absolute atomic E-state index is 0.0194. The number of esters is 1. The molecule has 0 bridgehead atoms. The lowest BCUT2D eigenvalue weighted by atomic mass is 9.86. The zero-order valence-electron chi connectivity index (χ0n) is 31.4. The van der Waals surface area contributed by atoms with Gasteiger partial charge in [-0.2, -0.15) is 0 Å². The lowest BCUT2D eigenvalue weighted by molar-refractivity contribution is -0.143. The van der Waals surface area contributed by atoms with Gasteiger partial charge in [-0.15, -0.1) is 11.8 Å². The fourth-order valence-corrected chi connectivity index (χ4v) is 8.38. The first-order valence-corrected chi connectivity index (χ1v) is 24.5. The Bertz CT molecular complexity index is 1510. The molecule has 0 saturated heterocycles. The monoisotopic (exact) mass is 706 g/mol. The van der Waals surface area contributed by atoms with E-state index >= 15 is 0 Å². The molecular weight excluding hydrogens is 649 g/mol. The van der Waals surface area contributed by atoms with E-state index in [2.05, 4.69) is 102 Å². The Kier molecular flexibility index (Phi) is 12.8. The largest absolute Gasteiger partial charge is 0.489 e. The molecule has 1 saturated carbocycles. The lowest BCUT2D eigenvalue weighted by Gasteiger charge is -2.40. The van der Waals surface area contributed by atoms with E-state index in [1.165, 1.54) is 16.5 Å². The molecule has 0 spiro atoms. The summed E-state index contributed by atoms with van der Waals surface area (Å²) in [6, 6.07) is 7.39. The van der Waals surface area contributed by atoms with Crippen molar-refractivity contribution < 1.29 is 28.2 Å².